The van der Waals surface area contributed by atoms with E-state index in [1.54, 1.807) is 12.1 Å². The van der Waals surface area contributed by atoms with Crippen LogP contribution in [0.1, 0.15) is 16.1 Å². The van der Waals surface area contributed by atoms with Gasteiger partial charge in [0.05, 0.1) is 10.7 Å². The van der Waals surface area contributed by atoms with Gasteiger partial charge in [-0.2, -0.15) is 0 Å². The molecule has 1 amide bonds. The second-order valence-corrected chi connectivity index (χ2v) is 5.09. The van der Waals surface area contributed by atoms with E-state index in [4.69, 9.17) is 11.6 Å². The van der Waals surface area contributed by atoms with Crippen molar-refractivity contribution in [3.8, 4) is 0 Å². The molecule has 92 valence electrons. The van der Waals surface area contributed by atoms with E-state index >= 15 is 0 Å². The zero-order valence-corrected chi connectivity index (χ0v) is 11.9. The maximum Gasteiger partial charge on any atom is 0.274 e. The molecule has 0 unspecified atom stereocenters. The Labute approximate surface area is 118 Å². The van der Waals surface area contributed by atoms with Crippen LogP contribution < -0.4 is 5.32 Å². The molecule has 2 aromatic rings. The summed E-state index contributed by atoms with van der Waals surface area (Å²) in [5.41, 5.74) is 2.15. The standard InChI is InChI=1S/C13H10BrClN2O/c1-8-2-4-11(10(14)6-8)17-13(18)12-5-3-9(15)7-16-12/h2-7H,1H3,(H,17,18). The van der Waals surface area contributed by atoms with E-state index in [-0.39, 0.29) is 5.91 Å². The summed E-state index contributed by atoms with van der Waals surface area (Å²) < 4.78 is 0.838. The van der Waals surface area contributed by atoms with Crippen molar-refractivity contribution in [1.29, 1.82) is 0 Å². The molecule has 1 aromatic heterocycles. The van der Waals surface area contributed by atoms with Crippen molar-refractivity contribution in [3.05, 3.63) is 57.3 Å². The zero-order valence-electron chi connectivity index (χ0n) is 9.58. The molecule has 0 atom stereocenters. The summed E-state index contributed by atoms with van der Waals surface area (Å²) in [6.07, 6.45) is 1.45. The average molecular weight is 326 g/mol. The summed E-state index contributed by atoms with van der Waals surface area (Å²) >= 11 is 9.12. The third-order valence-corrected chi connectivity index (χ3v) is 3.21. The number of rotatable bonds is 2. The average Bonchev–Trinajstić information content (AvgIpc) is 2.33. The van der Waals surface area contributed by atoms with Crippen LogP contribution in [-0.4, -0.2) is 10.9 Å². The van der Waals surface area contributed by atoms with Crippen molar-refractivity contribution in [3.63, 3.8) is 0 Å². The highest BCUT2D eigenvalue weighted by Crippen LogP contribution is 2.23. The Bertz CT molecular complexity index is 584. The number of benzene rings is 1. The van der Waals surface area contributed by atoms with Gasteiger partial charge in [0.1, 0.15) is 5.69 Å². The van der Waals surface area contributed by atoms with Gasteiger partial charge in [-0.1, -0.05) is 17.7 Å². The number of halogens is 2. The first-order chi connectivity index (χ1) is 8.56. The van der Waals surface area contributed by atoms with Crippen molar-refractivity contribution < 1.29 is 4.79 Å². The van der Waals surface area contributed by atoms with E-state index in [0.717, 1.165) is 10.0 Å². The van der Waals surface area contributed by atoms with Crippen LogP contribution in [0.15, 0.2) is 41.0 Å². The highest BCUT2D eigenvalue weighted by molar-refractivity contribution is 9.10. The van der Waals surface area contributed by atoms with Gasteiger partial charge in [0.2, 0.25) is 0 Å². The summed E-state index contributed by atoms with van der Waals surface area (Å²) in [6, 6.07) is 8.92. The molecule has 5 heteroatoms. The smallest absolute Gasteiger partial charge is 0.274 e. The predicted octanol–water partition coefficient (Wildman–Crippen LogP) is 4.06. The number of anilines is 1. The molecule has 0 fully saturated rings. The number of hydrogen-bond donors (Lipinski definition) is 1. The van der Waals surface area contributed by atoms with E-state index in [1.807, 2.05) is 25.1 Å². The number of aromatic nitrogens is 1. The first kappa shape index (κ1) is 13.1. The SMILES string of the molecule is Cc1ccc(NC(=O)c2ccc(Cl)cn2)c(Br)c1. The maximum atomic E-state index is 11.9. The number of pyridine rings is 1. The Morgan fingerprint density at radius 1 is 1.33 bits per heavy atom. The van der Waals surface area contributed by atoms with Gasteiger partial charge in [0.15, 0.2) is 0 Å². The third kappa shape index (κ3) is 3.09. The maximum absolute atomic E-state index is 11.9. The van der Waals surface area contributed by atoms with Gasteiger partial charge in [-0.05, 0) is 52.7 Å². The Balaban J connectivity index is 2.18. The van der Waals surface area contributed by atoms with Crippen molar-refractivity contribution >= 4 is 39.1 Å². The van der Waals surface area contributed by atoms with Crippen LogP contribution in [-0.2, 0) is 0 Å². The van der Waals surface area contributed by atoms with Crippen molar-refractivity contribution in [2.45, 2.75) is 6.92 Å². The minimum absolute atomic E-state index is 0.267. The number of amides is 1. The molecular weight excluding hydrogens is 316 g/mol. The summed E-state index contributed by atoms with van der Waals surface area (Å²) in [6.45, 7) is 1.98. The quantitative estimate of drug-likeness (QED) is 0.905. The summed E-state index contributed by atoms with van der Waals surface area (Å²) in [7, 11) is 0. The molecule has 0 aliphatic heterocycles. The summed E-state index contributed by atoms with van der Waals surface area (Å²) in [4.78, 5) is 15.9. The van der Waals surface area contributed by atoms with Crippen LogP contribution in [0, 0.1) is 6.92 Å². The Morgan fingerprint density at radius 2 is 2.11 bits per heavy atom. The van der Waals surface area contributed by atoms with Crippen LogP contribution in [0.3, 0.4) is 0 Å². The molecule has 0 bridgehead atoms. The molecular formula is C13H10BrClN2O. The van der Waals surface area contributed by atoms with Gasteiger partial charge in [-0.15, -0.1) is 0 Å². The molecule has 0 aliphatic rings. The fraction of sp³-hybridized carbons (Fsp3) is 0.0769. The zero-order chi connectivity index (χ0) is 13.1. The molecule has 0 saturated heterocycles. The van der Waals surface area contributed by atoms with Crippen molar-refractivity contribution in [2.24, 2.45) is 0 Å². The monoisotopic (exact) mass is 324 g/mol. The number of aryl methyl sites for hydroxylation is 1. The Morgan fingerprint density at radius 3 is 2.72 bits per heavy atom. The predicted molar refractivity (Wildman–Crippen MR) is 76.1 cm³/mol. The number of nitrogens with zero attached hydrogens (tertiary/aromatic N) is 1. The van der Waals surface area contributed by atoms with Crippen molar-refractivity contribution in [1.82, 2.24) is 4.98 Å². The topological polar surface area (TPSA) is 42.0 Å². The Kier molecular flexibility index (Phi) is 3.99. The number of carbonyl (C=O) groups is 1. The Hall–Kier alpha value is -1.39. The van der Waals surface area contributed by atoms with Crippen LogP contribution in [0.2, 0.25) is 5.02 Å². The highest BCUT2D eigenvalue weighted by Gasteiger charge is 2.09. The minimum Gasteiger partial charge on any atom is -0.320 e. The van der Waals surface area contributed by atoms with Gasteiger partial charge >= 0.3 is 0 Å². The molecule has 0 saturated carbocycles. The molecule has 0 radical (unpaired) electrons. The lowest BCUT2D eigenvalue weighted by atomic mass is 10.2. The van der Waals surface area contributed by atoms with Crippen molar-refractivity contribution in [2.75, 3.05) is 5.32 Å². The normalized spacial score (nSPS) is 10.2. The highest BCUT2D eigenvalue weighted by atomic mass is 79.9. The van der Waals surface area contributed by atoms with E-state index < -0.39 is 0 Å². The lowest BCUT2D eigenvalue weighted by Gasteiger charge is -2.07. The van der Waals surface area contributed by atoms with E-state index in [1.165, 1.54) is 6.20 Å². The molecule has 18 heavy (non-hydrogen) atoms. The van der Waals surface area contributed by atoms with Crippen LogP contribution in [0.25, 0.3) is 0 Å². The van der Waals surface area contributed by atoms with Gasteiger partial charge in [0, 0.05) is 10.7 Å². The third-order valence-electron chi connectivity index (χ3n) is 2.33. The molecule has 0 spiro atoms. The second kappa shape index (κ2) is 5.50. The van der Waals surface area contributed by atoms with Crippen LogP contribution in [0.4, 0.5) is 5.69 Å². The van der Waals surface area contributed by atoms with Gasteiger partial charge < -0.3 is 5.32 Å². The van der Waals surface area contributed by atoms with E-state index in [9.17, 15) is 4.79 Å². The van der Waals surface area contributed by atoms with Crippen LogP contribution in [0.5, 0.6) is 0 Å². The largest absolute Gasteiger partial charge is 0.320 e. The number of hydrogen-bond acceptors (Lipinski definition) is 2. The van der Waals surface area contributed by atoms with Gasteiger partial charge in [-0.25, -0.2) is 4.98 Å². The number of carbonyl (C=O) groups excluding carboxylic acids is 1. The molecule has 1 aromatic carbocycles. The summed E-state index contributed by atoms with van der Waals surface area (Å²) in [5.74, 6) is -0.267. The second-order valence-electron chi connectivity index (χ2n) is 3.80. The minimum atomic E-state index is -0.267. The number of nitrogens with one attached hydrogen (secondary N) is 1. The van der Waals surface area contributed by atoms with E-state index in [2.05, 4.69) is 26.2 Å². The molecule has 2 rings (SSSR count). The van der Waals surface area contributed by atoms with E-state index in [0.29, 0.717) is 16.4 Å². The summed E-state index contributed by atoms with van der Waals surface area (Å²) in [5, 5.41) is 3.28. The molecule has 1 N–H and O–H groups in total. The van der Waals surface area contributed by atoms with Gasteiger partial charge in [-0.3, -0.25) is 4.79 Å². The molecule has 1 heterocycles. The fourth-order valence-electron chi connectivity index (χ4n) is 1.42. The lowest BCUT2D eigenvalue weighted by molar-refractivity contribution is 0.102. The lowest BCUT2D eigenvalue weighted by Crippen LogP contribution is -2.13. The first-order valence-electron chi connectivity index (χ1n) is 5.25. The molecule has 0 aliphatic carbocycles. The van der Waals surface area contributed by atoms with Crippen LogP contribution >= 0.6 is 27.5 Å². The molecule has 3 nitrogen and oxygen atoms in total. The van der Waals surface area contributed by atoms with Gasteiger partial charge in [0.25, 0.3) is 5.91 Å². The fourth-order valence-corrected chi connectivity index (χ4v) is 2.12. The first-order valence-corrected chi connectivity index (χ1v) is 6.42.